The Labute approximate surface area is 219 Å². The number of phenols is 1. The molecule has 2 atom stereocenters. The number of Topliss-reactive ketones (excluding diaryl/α,β-unsaturated/α-hetero) is 1. The number of carbonyl (C=O) groups is 2. The Kier molecular flexibility index (Phi) is 5.24. The van der Waals surface area contributed by atoms with Crippen LogP contribution in [0.25, 0.3) is 5.69 Å². The zero-order chi connectivity index (χ0) is 26.2. The lowest BCUT2D eigenvalue weighted by Crippen LogP contribution is -2.40. The maximum atomic E-state index is 13.7. The number of benzene rings is 2. The number of aromatic hydroxyl groups is 1. The van der Waals surface area contributed by atoms with E-state index in [1.807, 2.05) is 18.2 Å². The van der Waals surface area contributed by atoms with Gasteiger partial charge < -0.3 is 5.11 Å². The van der Waals surface area contributed by atoms with Crippen LogP contribution in [0.3, 0.4) is 0 Å². The number of hydrogen-bond donors (Lipinski definition) is 1. The van der Waals surface area contributed by atoms with E-state index >= 15 is 0 Å². The molecule has 6 rings (SSSR count). The highest BCUT2D eigenvalue weighted by molar-refractivity contribution is 9.12. The zero-order valence-corrected chi connectivity index (χ0v) is 21.7. The minimum Gasteiger partial charge on any atom is -0.507 e. The number of nitrogens with zero attached hydrogens (tertiary/aromatic N) is 3. The van der Waals surface area contributed by atoms with Gasteiger partial charge in [-0.2, -0.15) is 0 Å². The fourth-order valence-corrected chi connectivity index (χ4v) is 6.26. The first-order valence-electron chi connectivity index (χ1n) is 11.9. The van der Waals surface area contributed by atoms with Crippen LogP contribution in [-0.4, -0.2) is 30.6 Å². The van der Waals surface area contributed by atoms with E-state index in [4.69, 9.17) is 0 Å². The summed E-state index contributed by atoms with van der Waals surface area (Å²) in [7, 11) is 0. The summed E-state index contributed by atoms with van der Waals surface area (Å²) in [6.07, 6.45) is 3.29. The molecule has 0 bridgehead atoms. The van der Waals surface area contributed by atoms with Crippen LogP contribution in [0.5, 0.6) is 5.75 Å². The highest BCUT2D eigenvalue weighted by Gasteiger charge is 2.45. The van der Waals surface area contributed by atoms with E-state index in [1.54, 1.807) is 44.2 Å². The summed E-state index contributed by atoms with van der Waals surface area (Å²) in [6, 6.07) is 11.7. The van der Waals surface area contributed by atoms with Gasteiger partial charge in [0.25, 0.3) is 0 Å². The normalized spacial score (nSPS) is 20.7. The van der Waals surface area contributed by atoms with E-state index in [0.29, 0.717) is 28.0 Å². The molecule has 0 saturated carbocycles. The van der Waals surface area contributed by atoms with Crippen LogP contribution in [0.2, 0.25) is 0 Å². The molecule has 1 N–H and O–H groups in total. The van der Waals surface area contributed by atoms with Gasteiger partial charge in [-0.3, -0.25) is 9.59 Å². The monoisotopic (exact) mass is 559 g/mol. The van der Waals surface area contributed by atoms with Gasteiger partial charge in [-0.05, 0) is 64.2 Å². The first-order valence-corrected chi connectivity index (χ1v) is 12.7. The van der Waals surface area contributed by atoms with Crippen LogP contribution < -0.4 is 11.4 Å². The molecule has 2 heterocycles. The van der Waals surface area contributed by atoms with E-state index < -0.39 is 23.3 Å². The third kappa shape index (κ3) is 3.33. The molecule has 0 fully saturated rings. The molecule has 37 heavy (non-hydrogen) atoms. The van der Waals surface area contributed by atoms with E-state index in [-0.39, 0.29) is 34.8 Å². The standard InChI is InChI=1S/C28H22BrN3O5/c1-14-10-16(11-15(2)25(14)34)23-18-8-9-30-27(36)31(17-6-4-3-5-7-17)28(37)32(30)21(18)12-19-24(23)22(33)13-20(29)26(19)35/h3-8,10-11,13,21,23,34H,9,12H2,1-2H3/t21-,23+/m1/s1. The zero-order valence-electron chi connectivity index (χ0n) is 20.1. The molecule has 8 nitrogen and oxygen atoms in total. The van der Waals surface area contributed by atoms with E-state index in [1.165, 1.54) is 15.4 Å². The summed E-state index contributed by atoms with van der Waals surface area (Å²) in [5, 5.41) is 10.4. The molecule has 9 heteroatoms. The predicted molar refractivity (Wildman–Crippen MR) is 140 cm³/mol. The third-order valence-corrected chi connectivity index (χ3v) is 8.05. The number of ketones is 2. The first-order chi connectivity index (χ1) is 17.7. The number of phenolic OH excluding ortho intramolecular Hbond substituents is 1. The molecule has 2 aliphatic carbocycles. The second-order valence-corrected chi connectivity index (χ2v) is 10.5. The average Bonchev–Trinajstić information content (AvgIpc) is 3.14. The molecular formula is C28H22BrN3O5. The van der Waals surface area contributed by atoms with Crippen molar-refractivity contribution in [3.8, 4) is 11.4 Å². The minimum atomic E-state index is -0.632. The Bertz CT molecular complexity index is 1730. The fraction of sp³-hybridized carbons (Fsp3) is 0.214. The first kappa shape index (κ1) is 23.4. The highest BCUT2D eigenvalue weighted by Crippen LogP contribution is 2.50. The molecule has 0 saturated heterocycles. The van der Waals surface area contributed by atoms with Gasteiger partial charge in [-0.15, -0.1) is 0 Å². The SMILES string of the molecule is Cc1cc([C@H]2C3=CCn4c(=O)n(-c5ccccc5)c(=O)n4[C@@H]3CC3=C2C(=O)C=C(Br)C3=O)cc(C)c1O. The minimum absolute atomic E-state index is 0.110. The van der Waals surface area contributed by atoms with Crippen molar-refractivity contribution in [1.29, 1.82) is 0 Å². The summed E-state index contributed by atoms with van der Waals surface area (Å²) in [5.74, 6) is -1.01. The van der Waals surface area contributed by atoms with Crippen molar-refractivity contribution in [2.45, 2.75) is 38.8 Å². The number of allylic oxidation sites excluding steroid dienone is 6. The van der Waals surface area contributed by atoms with Gasteiger partial charge in [0, 0.05) is 29.6 Å². The smallest absolute Gasteiger partial charge is 0.352 e. The topological polar surface area (TPSA) is 103 Å². The summed E-state index contributed by atoms with van der Waals surface area (Å²) >= 11 is 3.23. The van der Waals surface area contributed by atoms with Crippen LogP contribution >= 0.6 is 15.9 Å². The van der Waals surface area contributed by atoms with Crippen molar-refractivity contribution in [2.24, 2.45) is 0 Å². The molecule has 0 radical (unpaired) electrons. The molecule has 1 aliphatic heterocycles. The van der Waals surface area contributed by atoms with Crippen LogP contribution in [0.1, 0.15) is 35.1 Å². The number of rotatable bonds is 2. The molecule has 0 amide bonds. The lowest BCUT2D eigenvalue weighted by Gasteiger charge is -2.39. The van der Waals surface area contributed by atoms with E-state index in [0.717, 1.165) is 15.7 Å². The lowest BCUT2D eigenvalue weighted by atomic mass is 9.68. The van der Waals surface area contributed by atoms with Crippen molar-refractivity contribution < 1.29 is 14.7 Å². The molecule has 3 aliphatic rings. The summed E-state index contributed by atoms with van der Waals surface area (Å²) in [6.45, 7) is 3.71. The van der Waals surface area contributed by atoms with Crippen molar-refractivity contribution in [3.05, 3.63) is 113 Å². The van der Waals surface area contributed by atoms with Crippen LogP contribution in [0.4, 0.5) is 0 Å². The van der Waals surface area contributed by atoms with Crippen molar-refractivity contribution in [1.82, 2.24) is 13.9 Å². The van der Waals surface area contributed by atoms with Crippen LogP contribution in [-0.2, 0) is 16.1 Å². The number of carbonyl (C=O) groups excluding carboxylic acids is 2. The van der Waals surface area contributed by atoms with E-state index in [2.05, 4.69) is 15.9 Å². The van der Waals surface area contributed by atoms with Gasteiger partial charge in [-0.25, -0.2) is 23.5 Å². The Hall–Kier alpha value is -3.98. The molecule has 0 unspecified atom stereocenters. The summed E-state index contributed by atoms with van der Waals surface area (Å²) < 4.78 is 4.11. The second-order valence-electron chi connectivity index (χ2n) is 9.60. The number of halogens is 1. The lowest BCUT2D eigenvalue weighted by molar-refractivity contribution is -0.115. The van der Waals surface area contributed by atoms with Gasteiger partial charge in [0.05, 0.1) is 22.8 Å². The van der Waals surface area contributed by atoms with Crippen molar-refractivity contribution in [3.63, 3.8) is 0 Å². The van der Waals surface area contributed by atoms with Gasteiger partial charge in [0.1, 0.15) is 5.75 Å². The average molecular weight is 560 g/mol. The Balaban J connectivity index is 1.61. The molecule has 186 valence electrons. The third-order valence-electron chi connectivity index (χ3n) is 7.46. The molecule has 3 aromatic rings. The number of fused-ring (bicyclic) bond motifs is 3. The Morgan fingerprint density at radius 3 is 2.32 bits per heavy atom. The molecular weight excluding hydrogens is 538 g/mol. The number of para-hydroxylation sites is 1. The fourth-order valence-electron chi connectivity index (χ4n) is 5.81. The largest absolute Gasteiger partial charge is 0.507 e. The molecule has 1 aromatic heterocycles. The second kappa shape index (κ2) is 8.27. The van der Waals surface area contributed by atoms with Crippen LogP contribution in [0.15, 0.2) is 85.4 Å². The van der Waals surface area contributed by atoms with Crippen LogP contribution in [0, 0.1) is 13.8 Å². The number of hydrogen-bond acceptors (Lipinski definition) is 5. The van der Waals surface area contributed by atoms with Crippen molar-refractivity contribution >= 4 is 27.5 Å². The number of aryl methyl sites for hydroxylation is 2. The Morgan fingerprint density at radius 1 is 0.973 bits per heavy atom. The van der Waals surface area contributed by atoms with E-state index in [9.17, 15) is 24.3 Å². The highest BCUT2D eigenvalue weighted by atomic mass is 79.9. The van der Waals surface area contributed by atoms with Crippen molar-refractivity contribution in [2.75, 3.05) is 0 Å². The molecule has 2 aromatic carbocycles. The quantitative estimate of drug-likeness (QED) is 0.382. The maximum Gasteiger partial charge on any atom is 0.352 e. The maximum absolute atomic E-state index is 13.7. The molecule has 0 spiro atoms. The van der Waals surface area contributed by atoms with Gasteiger partial charge in [0.15, 0.2) is 11.6 Å². The number of aromatic nitrogens is 3. The Morgan fingerprint density at radius 2 is 1.65 bits per heavy atom. The predicted octanol–water partition coefficient (Wildman–Crippen LogP) is 3.52. The summed E-state index contributed by atoms with van der Waals surface area (Å²) in [5.41, 5.74) is 3.01. The van der Waals surface area contributed by atoms with Gasteiger partial charge in [0.2, 0.25) is 0 Å². The van der Waals surface area contributed by atoms with Gasteiger partial charge in [-0.1, -0.05) is 36.4 Å². The van der Waals surface area contributed by atoms with Gasteiger partial charge >= 0.3 is 11.4 Å². The summed E-state index contributed by atoms with van der Waals surface area (Å²) in [4.78, 5) is 53.7.